The van der Waals surface area contributed by atoms with Crippen LogP contribution in [0, 0.1) is 0 Å². The number of hydrogen-bond donors (Lipinski definition) is 1. The van der Waals surface area contributed by atoms with Crippen LogP contribution in [0.1, 0.15) is 25.3 Å². The van der Waals surface area contributed by atoms with Crippen molar-refractivity contribution in [2.45, 2.75) is 25.2 Å². The molecule has 0 aromatic heterocycles. The summed E-state index contributed by atoms with van der Waals surface area (Å²) in [5.74, 6) is 0.591. The molecule has 0 radical (unpaired) electrons. The summed E-state index contributed by atoms with van der Waals surface area (Å²) in [6.45, 7) is 3.60. The fourth-order valence-corrected chi connectivity index (χ4v) is 3.46. The van der Waals surface area contributed by atoms with Gasteiger partial charge in [-0.3, -0.25) is 4.79 Å². The van der Waals surface area contributed by atoms with Crippen molar-refractivity contribution in [3.8, 4) is 5.75 Å². The molecule has 1 heterocycles. The van der Waals surface area contributed by atoms with Gasteiger partial charge in [0, 0.05) is 18.9 Å². The van der Waals surface area contributed by atoms with Crippen LogP contribution in [0.5, 0.6) is 5.75 Å². The lowest BCUT2D eigenvalue weighted by Crippen LogP contribution is -2.44. The van der Waals surface area contributed by atoms with Crippen LogP contribution in [0.2, 0.25) is 5.02 Å². The highest BCUT2D eigenvalue weighted by molar-refractivity contribution is 6.32. The summed E-state index contributed by atoms with van der Waals surface area (Å²) in [6.07, 6.45) is 1.32. The summed E-state index contributed by atoms with van der Waals surface area (Å²) in [7, 11) is 0. The van der Waals surface area contributed by atoms with E-state index in [0.29, 0.717) is 49.1 Å². The highest BCUT2D eigenvalue weighted by Crippen LogP contribution is 2.36. The number of nitrogens with one attached hydrogen (secondary N) is 1. The minimum atomic E-state index is -0.579. The van der Waals surface area contributed by atoms with Crippen molar-refractivity contribution in [3.63, 3.8) is 0 Å². The molecule has 0 atom stereocenters. The molecule has 25 heavy (non-hydrogen) atoms. The normalized spacial score (nSPS) is 16.2. The summed E-state index contributed by atoms with van der Waals surface area (Å²) >= 11 is 6.23. The number of amides is 1. The first-order valence-electron chi connectivity index (χ1n) is 8.53. The highest BCUT2D eigenvalue weighted by atomic mass is 35.5. The van der Waals surface area contributed by atoms with Crippen molar-refractivity contribution < 1.29 is 14.3 Å². The van der Waals surface area contributed by atoms with Crippen molar-refractivity contribution in [3.05, 3.63) is 59.1 Å². The Morgan fingerprint density at radius 1 is 1.20 bits per heavy atom. The van der Waals surface area contributed by atoms with Crippen molar-refractivity contribution in [2.75, 3.05) is 25.1 Å². The summed E-state index contributed by atoms with van der Waals surface area (Å²) in [6, 6.07) is 15.2. The maximum atomic E-state index is 13.2. The second kappa shape index (κ2) is 7.89. The number of benzene rings is 2. The van der Waals surface area contributed by atoms with E-state index in [1.807, 2.05) is 43.3 Å². The number of hydrogen-bond acceptors (Lipinski definition) is 3. The summed E-state index contributed by atoms with van der Waals surface area (Å²) < 4.78 is 10.9. The topological polar surface area (TPSA) is 47.6 Å². The van der Waals surface area contributed by atoms with Gasteiger partial charge >= 0.3 is 0 Å². The number of carbonyl (C=O) groups excluding carboxylic acids is 1. The first-order chi connectivity index (χ1) is 12.2. The molecule has 0 aliphatic carbocycles. The lowest BCUT2D eigenvalue weighted by Gasteiger charge is -2.36. The molecular weight excluding hydrogens is 338 g/mol. The monoisotopic (exact) mass is 359 g/mol. The summed E-state index contributed by atoms with van der Waals surface area (Å²) in [5.41, 5.74) is 1.11. The van der Waals surface area contributed by atoms with Gasteiger partial charge in [-0.2, -0.15) is 0 Å². The van der Waals surface area contributed by atoms with Gasteiger partial charge in [0.2, 0.25) is 5.91 Å². The van der Waals surface area contributed by atoms with Crippen molar-refractivity contribution in [1.29, 1.82) is 0 Å². The third-order valence-electron chi connectivity index (χ3n) is 4.60. The van der Waals surface area contributed by atoms with E-state index >= 15 is 0 Å². The minimum absolute atomic E-state index is 0.0257. The SMILES string of the molecule is CCOc1ccc(NC(=O)C2(c3ccccc3)CCOCC2)cc1Cl. The zero-order valence-electron chi connectivity index (χ0n) is 14.3. The van der Waals surface area contributed by atoms with Gasteiger partial charge in [0.25, 0.3) is 0 Å². The molecule has 2 aromatic carbocycles. The molecule has 5 heteroatoms. The van der Waals surface area contributed by atoms with Crippen LogP contribution in [0.4, 0.5) is 5.69 Å². The van der Waals surface area contributed by atoms with Crippen LogP contribution in [-0.4, -0.2) is 25.7 Å². The summed E-state index contributed by atoms with van der Waals surface area (Å²) in [5, 5.41) is 3.51. The average Bonchev–Trinajstić information content (AvgIpc) is 2.65. The van der Waals surface area contributed by atoms with Crippen molar-refractivity contribution >= 4 is 23.2 Å². The molecule has 1 N–H and O–H groups in total. The van der Waals surface area contributed by atoms with Gasteiger partial charge in [0.15, 0.2) is 0 Å². The number of anilines is 1. The van der Waals surface area contributed by atoms with Gasteiger partial charge < -0.3 is 14.8 Å². The molecule has 0 unspecified atom stereocenters. The van der Waals surface area contributed by atoms with E-state index in [0.717, 1.165) is 5.56 Å². The van der Waals surface area contributed by atoms with Crippen LogP contribution in [0.25, 0.3) is 0 Å². The minimum Gasteiger partial charge on any atom is -0.492 e. The molecular formula is C20H22ClNO3. The Labute approximate surface area is 153 Å². The lowest BCUT2D eigenvalue weighted by molar-refractivity contribution is -0.125. The molecule has 1 amide bonds. The van der Waals surface area contributed by atoms with Crippen molar-refractivity contribution in [2.24, 2.45) is 0 Å². The van der Waals surface area contributed by atoms with Gasteiger partial charge in [-0.05, 0) is 43.5 Å². The van der Waals surface area contributed by atoms with E-state index in [2.05, 4.69) is 5.32 Å². The third kappa shape index (κ3) is 3.80. The zero-order chi connectivity index (χ0) is 17.7. The first-order valence-corrected chi connectivity index (χ1v) is 8.90. The third-order valence-corrected chi connectivity index (χ3v) is 4.89. The van der Waals surface area contributed by atoms with Gasteiger partial charge in [-0.25, -0.2) is 0 Å². The Kier molecular flexibility index (Phi) is 5.61. The quantitative estimate of drug-likeness (QED) is 0.859. The molecule has 0 bridgehead atoms. The van der Waals surface area contributed by atoms with Gasteiger partial charge in [-0.1, -0.05) is 41.9 Å². The van der Waals surface area contributed by atoms with Crippen molar-refractivity contribution in [1.82, 2.24) is 0 Å². The largest absolute Gasteiger partial charge is 0.492 e. The molecule has 1 aliphatic heterocycles. The predicted molar refractivity (Wildman–Crippen MR) is 99.4 cm³/mol. The Morgan fingerprint density at radius 2 is 1.92 bits per heavy atom. The first kappa shape index (κ1) is 17.8. The molecule has 1 aliphatic rings. The molecule has 1 saturated heterocycles. The molecule has 1 fully saturated rings. The molecule has 4 nitrogen and oxygen atoms in total. The fourth-order valence-electron chi connectivity index (χ4n) is 3.23. The van der Waals surface area contributed by atoms with E-state index in [-0.39, 0.29) is 5.91 Å². The average molecular weight is 360 g/mol. The van der Waals surface area contributed by atoms with Gasteiger partial charge in [-0.15, -0.1) is 0 Å². The van der Waals surface area contributed by atoms with E-state index in [9.17, 15) is 4.79 Å². The van der Waals surface area contributed by atoms with Crippen LogP contribution < -0.4 is 10.1 Å². The number of rotatable bonds is 5. The van der Waals surface area contributed by atoms with Gasteiger partial charge in [0.05, 0.1) is 17.0 Å². The number of ether oxygens (including phenoxy) is 2. The molecule has 132 valence electrons. The van der Waals surface area contributed by atoms with Crippen LogP contribution in [0.15, 0.2) is 48.5 Å². The van der Waals surface area contributed by atoms with Gasteiger partial charge in [0.1, 0.15) is 5.75 Å². The van der Waals surface area contributed by atoms with Crippen LogP contribution in [0.3, 0.4) is 0 Å². The Balaban J connectivity index is 1.85. The number of halogens is 1. The molecule has 0 spiro atoms. The predicted octanol–water partition coefficient (Wildman–Crippen LogP) is 4.43. The van der Waals surface area contributed by atoms with Crippen LogP contribution in [-0.2, 0) is 14.9 Å². The molecule has 2 aromatic rings. The Hall–Kier alpha value is -2.04. The van der Waals surface area contributed by atoms with E-state index in [1.54, 1.807) is 12.1 Å². The standard InChI is InChI=1S/C20H22ClNO3/c1-2-25-18-9-8-16(14-17(18)21)22-19(23)20(10-12-24-13-11-20)15-6-4-3-5-7-15/h3-9,14H,2,10-13H2,1H3,(H,22,23). The van der Waals surface area contributed by atoms with E-state index in [1.165, 1.54) is 0 Å². The second-order valence-electron chi connectivity index (χ2n) is 6.09. The van der Waals surface area contributed by atoms with E-state index in [4.69, 9.17) is 21.1 Å². The highest BCUT2D eigenvalue weighted by Gasteiger charge is 2.41. The molecule has 3 rings (SSSR count). The lowest BCUT2D eigenvalue weighted by atomic mass is 9.73. The Morgan fingerprint density at radius 3 is 2.56 bits per heavy atom. The molecule has 0 saturated carbocycles. The fraction of sp³-hybridized carbons (Fsp3) is 0.350. The zero-order valence-corrected chi connectivity index (χ0v) is 15.0. The Bertz CT molecular complexity index is 727. The maximum absolute atomic E-state index is 13.2. The number of carbonyl (C=O) groups is 1. The summed E-state index contributed by atoms with van der Waals surface area (Å²) in [4.78, 5) is 13.2. The second-order valence-corrected chi connectivity index (χ2v) is 6.50. The smallest absolute Gasteiger partial charge is 0.235 e. The maximum Gasteiger partial charge on any atom is 0.235 e. The van der Waals surface area contributed by atoms with Crippen LogP contribution >= 0.6 is 11.6 Å². The van der Waals surface area contributed by atoms with E-state index < -0.39 is 5.41 Å².